The molecule has 0 aliphatic carbocycles. The van der Waals surface area contributed by atoms with E-state index in [1.807, 2.05) is 0 Å². The van der Waals surface area contributed by atoms with Crippen LogP contribution in [0.5, 0.6) is 5.75 Å². The molecule has 0 radical (unpaired) electrons. The number of nitrogens with zero attached hydrogens (tertiary/aromatic N) is 1. The summed E-state index contributed by atoms with van der Waals surface area (Å²) in [6.07, 6.45) is 2.66. The van der Waals surface area contributed by atoms with Gasteiger partial charge in [0.1, 0.15) is 5.75 Å². The van der Waals surface area contributed by atoms with Gasteiger partial charge in [0, 0.05) is 13.2 Å². The topological polar surface area (TPSA) is 84.9 Å². The van der Waals surface area contributed by atoms with E-state index in [4.69, 9.17) is 9.47 Å². The van der Waals surface area contributed by atoms with Crippen molar-refractivity contribution in [2.75, 3.05) is 38.4 Å². The van der Waals surface area contributed by atoms with E-state index in [-0.39, 0.29) is 19.2 Å². The first-order valence-electron chi connectivity index (χ1n) is 7.39. The summed E-state index contributed by atoms with van der Waals surface area (Å²) in [5.74, 6) is 0.101. The SMILES string of the molecule is COc1ccccc1NC(=O)CN(CC1CCCO1)S(C)(=O)=O. The molecule has 0 saturated carbocycles. The van der Waals surface area contributed by atoms with Gasteiger partial charge in [0.05, 0.1) is 31.7 Å². The quantitative estimate of drug-likeness (QED) is 0.801. The molecule has 1 N–H and O–H groups in total. The molecule has 1 aromatic rings. The third-order valence-corrected chi connectivity index (χ3v) is 4.82. The van der Waals surface area contributed by atoms with Crippen molar-refractivity contribution in [1.82, 2.24) is 4.31 Å². The molecule has 1 amide bonds. The average Bonchev–Trinajstić information content (AvgIpc) is 2.99. The number of hydrogen-bond acceptors (Lipinski definition) is 5. The van der Waals surface area contributed by atoms with E-state index in [0.29, 0.717) is 18.0 Å². The number of anilines is 1. The van der Waals surface area contributed by atoms with Crippen LogP contribution in [0.2, 0.25) is 0 Å². The average molecular weight is 342 g/mol. The molecule has 7 nitrogen and oxygen atoms in total. The third-order valence-electron chi connectivity index (χ3n) is 3.60. The molecule has 0 bridgehead atoms. The number of carbonyl (C=O) groups excluding carboxylic acids is 1. The van der Waals surface area contributed by atoms with Gasteiger partial charge in [-0.2, -0.15) is 4.31 Å². The predicted molar refractivity (Wildman–Crippen MR) is 87.0 cm³/mol. The highest BCUT2D eigenvalue weighted by atomic mass is 32.2. The van der Waals surface area contributed by atoms with Gasteiger partial charge in [0.2, 0.25) is 15.9 Å². The summed E-state index contributed by atoms with van der Waals surface area (Å²) in [5, 5.41) is 2.68. The Labute approximate surface area is 136 Å². The number of hydrogen-bond donors (Lipinski definition) is 1. The first-order chi connectivity index (χ1) is 10.9. The molecular weight excluding hydrogens is 320 g/mol. The van der Waals surface area contributed by atoms with Gasteiger partial charge >= 0.3 is 0 Å². The van der Waals surface area contributed by atoms with Gasteiger partial charge in [-0.05, 0) is 25.0 Å². The molecule has 23 heavy (non-hydrogen) atoms. The normalized spacial score (nSPS) is 18.1. The molecule has 8 heteroatoms. The van der Waals surface area contributed by atoms with Crippen molar-refractivity contribution in [3.05, 3.63) is 24.3 Å². The Kier molecular flexibility index (Phi) is 5.97. The summed E-state index contributed by atoms with van der Waals surface area (Å²) in [6.45, 7) is 0.574. The monoisotopic (exact) mass is 342 g/mol. The zero-order valence-electron chi connectivity index (χ0n) is 13.3. The van der Waals surface area contributed by atoms with Crippen LogP contribution in [0.25, 0.3) is 0 Å². The lowest BCUT2D eigenvalue weighted by atomic mass is 10.2. The van der Waals surface area contributed by atoms with Crippen LogP contribution in [0.3, 0.4) is 0 Å². The van der Waals surface area contributed by atoms with Crippen molar-refractivity contribution < 1.29 is 22.7 Å². The van der Waals surface area contributed by atoms with E-state index in [1.165, 1.54) is 7.11 Å². The predicted octanol–water partition coefficient (Wildman–Crippen LogP) is 1.07. The highest BCUT2D eigenvalue weighted by molar-refractivity contribution is 7.88. The number of nitrogens with one attached hydrogen (secondary N) is 1. The van der Waals surface area contributed by atoms with Crippen molar-refractivity contribution in [3.63, 3.8) is 0 Å². The van der Waals surface area contributed by atoms with Crippen molar-refractivity contribution in [2.45, 2.75) is 18.9 Å². The second kappa shape index (κ2) is 7.76. The van der Waals surface area contributed by atoms with Gasteiger partial charge in [0.25, 0.3) is 0 Å². The van der Waals surface area contributed by atoms with Crippen LogP contribution in [-0.4, -0.2) is 57.8 Å². The van der Waals surface area contributed by atoms with E-state index in [0.717, 1.165) is 23.4 Å². The number of ether oxygens (including phenoxy) is 2. The summed E-state index contributed by atoms with van der Waals surface area (Å²) in [7, 11) is -1.99. The molecule has 0 aromatic heterocycles. The maximum Gasteiger partial charge on any atom is 0.239 e. The van der Waals surface area contributed by atoms with Crippen molar-refractivity contribution in [1.29, 1.82) is 0 Å². The molecule has 2 rings (SSSR count). The molecule has 1 heterocycles. The Balaban J connectivity index is 2.02. The van der Waals surface area contributed by atoms with Crippen LogP contribution in [0, 0.1) is 0 Å². The minimum Gasteiger partial charge on any atom is -0.495 e. The molecule has 0 spiro atoms. The molecule has 1 aliphatic rings. The van der Waals surface area contributed by atoms with Gasteiger partial charge in [-0.3, -0.25) is 4.79 Å². The maximum atomic E-state index is 12.2. The second-order valence-electron chi connectivity index (χ2n) is 5.44. The summed E-state index contributed by atoms with van der Waals surface area (Å²) in [5.41, 5.74) is 0.505. The van der Waals surface area contributed by atoms with Crippen LogP contribution >= 0.6 is 0 Å². The van der Waals surface area contributed by atoms with Gasteiger partial charge in [-0.25, -0.2) is 8.42 Å². The van der Waals surface area contributed by atoms with Crippen LogP contribution in [-0.2, 0) is 19.6 Å². The fourth-order valence-corrected chi connectivity index (χ4v) is 3.22. The summed E-state index contributed by atoms with van der Waals surface area (Å²) in [6, 6.07) is 6.96. The number of methoxy groups -OCH3 is 1. The van der Waals surface area contributed by atoms with E-state index < -0.39 is 15.9 Å². The standard InChI is InChI=1S/C15H22N2O5S/c1-21-14-8-4-3-7-13(14)16-15(18)11-17(23(2,19)20)10-12-6-5-9-22-12/h3-4,7-8,12H,5-6,9-11H2,1-2H3,(H,16,18). The highest BCUT2D eigenvalue weighted by Crippen LogP contribution is 2.23. The van der Waals surface area contributed by atoms with Gasteiger partial charge in [-0.15, -0.1) is 0 Å². The van der Waals surface area contributed by atoms with Crippen LogP contribution in [0.4, 0.5) is 5.69 Å². The molecule has 1 aliphatic heterocycles. The van der Waals surface area contributed by atoms with Crippen molar-refractivity contribution >= 4 is 21.6 Å². The Bertz CT molecular complexity index is 641. The highest BCUT2D eigenvalue weighted by Gasteiger charge is 2.26. The Morgan fingerprint density at radius 1 is 1.43 bits per heavy atom. The van der Waals surface area contributed by atoms with Crippen LogP contribution in [0.15, 0.2) is 24.3 Å². The molecule has 1 aromatic carbocycles. The molecule has 1 unspecified atom stereocenters. The summed E-state index contributed by atoms with van der Waals surface area (Å²) in [4.78, 5) is 12.2. The zero-order chi connectivity index (χ0) is 16.9. The van der Waals surface area contributed by atoms with Gasteiger partial charge < -0.3 is 14.8 Å². The molecule has 1 saturated heterocycles. The van der Waals surface area contributed by atoms with E-state index in [9.17, 15) is 13.2 Å². The van der Waals surface area contributed by atoms with E-state index in [2.05, 4.69) is 5.32 Å². The van der Waals surface area contributed by atoms with Crippen molar-refractivity contribution in [2.24, 2.45) is 0 Å². The number of para-hydroxylation sites is 2. The van der Waals surface area contributed by atoms with Crippen molar-refractivity contribution in [3.8, 4) is 5.75 Å². The van der Waals surface area contributed by atoms with Gasteiger partial charge in [-0.1, -0.05) is 12.1 Å². The van der Waals surface area contributed by atoms with Gasteiger partial charge in [0.15, 0.2) is 0 Å². The largest absolute Gasteiger partial charge is 0.495 e. The molecule has 128 valence electrons. The minimum atomic E-state index is -3.49. The summed E-state index contributed by atoms with van der Waals surface area (Å²) >= 11 is 0. The molecule has 1 fully saturated rings. The fraction of sp³-hybridized carbons (Fsp3) is 0.533. The fourth-order valence-electron chi connectivity index (χ4n) is 2.43. The summed E-state index contributed by atoms with van der Waals surface area (Å²) < 4.78 is 35.6. The second-order valence-corrected chi connectivity index (χ2v) is 7.42. The number of amides is 1. The maximum absolute atomic E-state index is 12.2. The van der Waals surface area contributed by atoms with E-state index in [1.54, 1.807) is 24.3 Å². The zero-order valence-corrected chi connectivity index (χ0v) is 14.1. The number of sulfonamides is 1. The molecule has 1 atom stereocenters. The first kappa shape index (κ1) is 17.7. The Morgan fingerprint density at radius 3 is 2.78 bits per heavy atom. The number of carbonyl (C=O) groups is 1. The number of benzene rings is 1. The minimum absolute atomic E-state index is 0.149. The first-order valence-corrected chi connectivity index (χ1v) is 9.24. The lowest BCUT2D eigenvalue weighted by Crippen LogP contribution is -2.41. The Morgan fingerprint density at radius 2 is 2.17 bits per heavy atom. The lowest BCUT2D eigenvalue weighted by Gasteiger charge is -2.22. The molecular formula is C15H22N2O5S. The third kappa shape index (κ3) is 5.19. The number of rotatable bonds is 7. The van der Waals surface area contributed by atoms with Crippen LogP contribution < -0.4 is 10.1 Å². The lowest BCUT2D eigenvalue weighted by molar-refractivity contribution is -0.116. The smallest absolute Gasteiger partial charge is 0.239 e. The Hall–Kier alpha value is -1.64. The van der Waals surface area contributed by atoms with Crippen LogP contribution in [0.1, 0.15) is 12.8 Å². The van der Waals surface area contributed by atoms with E-state index >= 15 is 0 Å².